The number of nitrogens with one attached hydrogen (secondary N) is 1. The highest BCUT2D eigenvalue weighted by atomic mass is 32.2. The van der Waals surface area contributed by atoms with Gasteiger partial charge in [-0.25, -0.2) is 4.98 Å². The predicted octanol–water partition coefficient (Wildman–Crippen LogP) is 2.58. The van der Waals surface area contributed by atoms with E-state index in [2.05, 4.69) is 45.5 Å². The van der Waals surface area contributed by atoms with Crippen molar-refractivity contribution in [3.05, 3.63) is 53.7 Å². The van der Waals surface area contributed by atoms with E-state index in [0.717, 1.165) is 56.9 Å². The van der Waals surface area contributed by atoms with E-state index >= 15 is 0 Å². The molecule has 1 amide bonds. The van der Waals surface area contributed by atoms with E-state index in [9.17, 15) is 4.79 Å². The molecule has 0 radical (unpaired) electrons. The maximum Gasteiger partial charge on any atom is 0.256 e. The van der Waals surface area contributed by atoms with Gasteiger partial charge in [0.15, 0.2) is 5.75 Å². The molecule has 0 saturated carbocycles. The zero-order valence-electron chi connectivity index (χ0n) is 18.8. The molecule has 2 aromatic rings. The molecule has 0 bridgehead atoms. The van der Waals surface area contributed by atoms with Crippen LogP contribution in [-0.2, 0) is 11.2 Å². The van der Waals surface area contributed by atoms with Crippen LogP contribution in [0.4, 0.5) is 0 Å². The van der Waals surface area contributed by atoms with Crippen LogP contribution >= 0.6 is 11.8 Å². The molecule has 2 atom stereocenters. The highest BCUT2D eigenvalue weighted by Gasteiger charge is 2.34. The van der Waals surface area contributed by atoms with Crippen molar-refractivity contribution >= 4 is 17.7 Å². The molecule has 1 aromatic heterocycles. The number of aromatic nitrogens is 1. The van der Waals surface area contributed by atoms with Crippen molar-refractivity contribution < 1.29 is 14.3 Å². The summed E-state index contributed by atoms with van der Waals surface area (Å²) in [6.07, 6.45) is 4.04. The number of benzene rings is 1. The molecule has 7 nitrogen and oxygen atoms in total. The molecule has 2 fully saturated rings. The Bertz CT molecular complexity index is 890. The molecule has 2 saturated heterocycles. The monoisotopic (exact) mass is 456 g/mol. The van der Waals surface area contributed by atoms with Crippen molar-refractivity contribution in [2.75, 3.05) is 52.7 Å². The smallest absolute Gasteiger partial charge is 0.256 e. The van der Waals surface area contributed by atoms with Crippen molar-refractivity contribution in [3.8, 4) is 11.6 Å². The molecule has 4 rings (SSSR count). The van der Waals surface area contributed by atoms with E-state index in [1.807, 2.05) is 11.0 Å². The quantitative estimate of drug-likeness (QED) is 0.655. The minimum atomic E-state index is -0.164. The standard InChI is InChI=1S/C24H32N4O3S/c1-30-21-15-19(16-25-22(21)31-2)23-26-20(17-32-23)24(29)28-13-11-27(12-14-28)10-6-9-18-7-4-3-5-8-18/h3-5,7-8,15-16,20,23,26H,6,9-14,17H2,1-2H3. The SMILES string of the molecule is COc1cc(C2NC(C(=O)N3CCN(CCCc4ccccc4)CC3)CS2)cnc1OC. The summed E-state index contributed by atoms with van der Waals surface area (Å²) in [6, 6.07) is 12.4. The zero-order valence-corrected chi connectivity index (χ0v) is 19.6. The van der Waals surface area contributed by atoms with Gasteiger partial charge in [-0.05, 0) is 31.0 Å². The molecule has 2 unspecified atom stereocenters. The van der Waals surface area contributed by atoms with Crippen molar-refractivity contribution in [3.63, 3.8) is 0 Å². The average Bonchev–Trinajstić information content (AvgIpc) is 3.34. The Balaban J connectivity index is 1.22. The number of carbonyl (C=O) groups excluding carboxylic acids is 1. The first-order valence-electron chi connectivity index (χ1n) is 11.2. The molecule has 0 aliphatic carbocycles. The first-order valence-corrected chi connectivity index (χ1v) is 12.2. The van der Waals surface area contributed by atoms with Crippen molar-refractivity contribution in [2.45, 2.75) is 24.3 Å². The number of amides is 1. The van der Waals surface area contributed by atoms with Gasteiger partial charge in [0, 0.05) is 43.7 Å². The number of thioether (sulfide) groups is 1. The number of methoxy groups -OCH3 is 2. The lowest BCUT2D eigenvalue weighted by Crippen LogP contribution is -2.53. The lowest BCUT2D eigenvalue weighted by atomic mass is 10.1. The molecule has 172 valence electrons. The van der Waals surface area contributed by atoms with Crippen molar-refractivity contribution in [1.29, 1.82) is 0 Å². The number of piperazine rings is 1. The van der Waals surface area contributed by atoms with E-state index in [1.54, 1.807) is 32.2 Å². The largest absolute Gasteiger partial charge is 0.491 e. The summed E-state index contributed by atoms with van der Waals surface area (Å²) in [5, 5.41) is 3.50. The van der Waals surface area contributed by atoms with Gasteiger partial charge < -0.3 is 14.4 Å². The highest BCUT2D eigenvalue weighted by Crippen LogP contribution is 2.36. The molecule has 8 heteroatoms. The number of hydrogen-bond donors (Lipinski definition) is 1. The van der Waals surface area contributed by atoms with Gasteiger partial charge >= 0.3 is 0 Å². The Morgan fingerprint density at radius 2 is 1.94 bits per heavy atom. The molecule has 1 aromatic carbocycles. The zero-order chi connectivity index (χ0) is 22.3. The topological polar surface area (TPSA) is 66.9 Å². The van der Waals surface area contributed by atoms with Gasteiger partial charge in [0.05, 0.1) is 25.6 Å². The molecule has 32 heavy (non-hydrogen) atoms. The summed E-state index contributed by atoms with van der Waals surface area (Å²) >= 11 is 1.73. The lowest BCUT2D eigenvalue weighted by molar-refractivity contribution is -0.134. The van der Waals surface area contributed by atoms with Gasteiger partial charge in [0.25, 0.3) is 5.88 Å². The van der Waals surface area contributed by atoms with Crippen LogP contribution in [-0.4, -0.2) is 79.4 Å². The minimum Gasteiger partial charge on any atom is -0.491 e. The van der Waals surface area contributed by atoms with Crippen LogP contribution < -0.4 is 14.8 Å². The number of rotatable bonds is 8. The molecule has 3 heterocycles. The Kier molecular flexibility index (Phi) is 7.89. The predicted molar refractivity (Wildman–Crippen MR) is 127 cm³/mol. The van der Waals surface area contributed by atoms with Gasteiger partial charge in [0.2, 0.25) is 5.91 Å². The van der Waals surface area contributed by atoms with E-state index < -0.39 is 0 Å². The average molecular weight is 457 g/mol. The molecular weight excluding hydrogens is 424 g/mol. The van der Waals surface area contributed by atoms with Gasteiger partial charge in [-0.15, -0.1) is 11.8 Å². The van der Waals surface area contributed by atoms with Crippen LogP contribution in [0.15, 0.2) is 42.6 Å². The lowest BCUT2D eigenvalue weighted by Gasteiger charge is -2.36. The summed E-state index contributed by atoms with van der Waals surface area (Å²) in [4.78, 5) is 21.9. The maximum atomic E-state index is 13.1. The van der Waals surface area contributed by atoms with E-state index in [1.165, 1.54) is 5.56 Å². The Hall–Kier alpha value is -2.29. The van der Waals surface area contributed by atoms with E-state index in [4.69, 9.17) is 9.47 Å². The fourth-order valence-corrected chi connectivity index (χ4v) is 5.47. The number of carbonyl (C=O) groups is 1. The van der Waals surface area contributed by atoms with Crippen LogP contribution in [0.25, 0.3) is 0 Å². The Morgan fingerprint density at radius 3 is 2.66 bits per heavy atom. The molecule has 2 aliphatic heterocycles. The fraction of sp³-hybridized carbons (Fsp3) is 0.500. The van der Waals surface area contributed by atoms with Crippen LogP contribution in [0.5, 0.6) is 11.6 Å². The number of aryl methyl sites for hydroxylation is 1. The number of ether oxygens (including phenoxy) is 2. The van der Waals surface area contributed by atoms with Gasteiger partial charge in [0.1, 0.15) is 0 Å². The van der Waals surface area contributed by atoms with E-state index in [0.29, 0.717) is 11.6 Å². The van der Waals surface area contributed by atoms with Crippen LogP contribution in [0, 0.1) is 0 Å². The van der Waals surface area contributed by atoms with Crippen LogP contribution in [0.2, 0.25) is 0 Å². The van der Waals surface area contributed by atoms with Crippen LogP contribution in [0.1, 0.15) is 22.9 Å². The van der Waals surface area contributed by atoms with Gasteiger partial charge in [-0.2, -0.15) is 0 Å². The summed E-state index contributed by atoms with van der Waals surface area (Å²) in [5.74, 6) is 2.03. The molecular formula is C24H32N4O3S. The normalized spacial score (nSPS) is 21.5. The summed E-state index contributed by atoms with van der Waals surface area (Å²) in [6.45, 7) is 4.58. The third-order valence-electron chi connectivity index (χ3n) is 6.10. The van der Waals surface area contributed by atoms with Gasteiger partial charge in [-0.1, -0.05) is 30.3 Å². The number of pyridine rings is 1. The minimum absolute atomic E-state index is 0.0236. The van der Waals surface area contributed by atoms with Gasteiger partial charge in [-0.3, -0.25) is 15.0 Å². The first-order chi connectivity index (χ1) is 15.7. The summed E-state index contributed by atoms with van der Waals surface area (Å²) < 4.78 is 10.6. The second kappa shape index (κ2) is 11.0. The summed E-state index contributed by atoms with van der Waals surface area (Å²) in [7, 11) is 3.18. The fourth-order valence-electron chi connectivity index (χ4n) is 4.26. The third-order valence-corrected chi connectivity index (χ3v) is 7.37. The first kappa shape index (κ1) is 22.9. The second-order valence-electron chi connectivity index (χ2n) is 8.17. The number of hydrogen-bond acceptors (Lipinski definition) is 7. The maximum absolute atomic E-state index is 13.1. The Labute approximate surface area is 194 Å². The molecule has 2 aliphatic rings. The Morgan fingerprint density at radius 1 is 1.16 bits per heavy atom. The third kappa shape index (κ3) is 5.54. The van der Waals surface area contributed by atoms with Crippen LogP contribution in [0.3, 0.4) is 0 Å². The van der Waals surface area contributed by atoms with Crippen molar-refractivity contribution in [1.82, 2.24) is 20.1 Å². The molecule has 1 N–H and O–H groups in total. The molecule has 0 spiro atoms. The van der Waals surface area contributed by atoms with E-state index in [-0.39, 0.29) is 17.3 Å². The highest BCUT2D eigenvalue weighted by molar-refractivity contribution is 7.99. The summed E-state index contributed by atoms with van der Waals surface area (Å²) in [5.41, 5.74) is 2.39. The van der Waals surface area contributed by atoms with Crippen molar-refractivity contribution in [2.24, 2.45) is 0 Å². The second-order valence-corrected chi connectivity index (χ2v) is 9.31. The number of nitrogens with zero attached hydrogens (tertiary/aromatic N) is 3.